The molecular formula is C23H15ClN4O2S. The van der Waals surface area contributed by atoms with Gasteiger partial charge in [-0.15, -0.1) is 11.3 Å². The van der Waals surface area contributed by atoms with Gasteiger partial charge in [-0.3, -0.25) is 9.78 Å². The van der Waals surface area contributed by atoms with Crippen molar-refractivity contribution in [3.8, 4) is 17.6 Å². The maximum atomic E-state index is 11.7. The number of carbonyl (C=O) groups is 1. The Labute approximate surface area is 187 Å². The van der Waals surface area contributed by atoms with Crippen LogP contribution in [-0.2, 0) is 4.79 Å². The van der Waals surface area contributed by atoms with Crippen molar-refractivity contribution in [1.82, 2.24) is 4.98 Å². The van der Waals surface area contributed by atoms with Crippen LogP contribution in [0.15, 0.2) is 72.1 Å². The largest absolute Gasteiger partial charge is 0.453 e. The zero-order chi connectivity index (χ0) is 21.8. The Balaban J connectivity index is 1.82. The van der Waals surface area contributed by atoms with Crippen LogP contribution >= 0.6 is 22.9 Å². The average molecular weight is 447 g/mol. The number of hydrogen-bond acceptors (Lipinski definition) is 6. The van der Waals surface area contributed by atoms with Crippen molar-refractivity contribution in [2.75, 3.05) is 10.6 Å². The number of hydrogen-bond donors (Lipinski definition) is 2. The number of thiophene rings is 1. The first-order chi connectivity index (χ1) is 15.1. The van der Waals surface area contributed by atoms with E-state index in [1.54, 1.807) is 30.3 Å². The molecular weight excluding hydrogens is 432 g/mol. The van der Waals surface area contributed by atoms with Gasteiger partial charge in [-0.25, -0.2) is 0 Å². The van der Waals surface area contributed by atoms with Gasteiger partial charge in [0.25, 0.3) is 0 Å². The average Bonchev–Trinajstić information content (AvgIpc) is 3.29. The second-order valence-corrected chi connectivity index (χ2v) is 7.57. The molecule has 2 aromatic carbocycles. The number of carbonyl (C=O) groups excluding carboxylic acids is 1. The van der Waals surface area contributed by atoms with Gasteiger partial charge in [0.05, 0.1) is 27.5 Å². The third-order valence-electron chi connectivity index (χ3n) is 4.38. The molecule has 0 radical (unpaired) electrons. The summed E-state index contributed by atoms with van der Waals surface area (Å²) in [6.45, 7) is 3.46. The molecule has 0 unspecified atom stereocenters. The predicted octanol–water partition coefficient (Wildman–Crippen LogP) is 6.48. The number of nitrogens with zero attached hydrogens (tertiary/aromatic N) is 2. The van der Waals surface area contributed by atoms with Gasteiger partial charge >= 0.3 is 0 Å². The molecule has 0 aliphatic rings. The van der Waals surface area contributed by atoms with Crippen LogP contribution in [0.5, 0.6) is 11.5 Å². The first-order valence-electron chi connectivity index (χ1n) is 9.11. The van der Waals surface area contributed by atoms with Crippen LogP contribution in [0.25, 0.3) is 10.9 Å². The molecule has 0 aliphatic carbocycles. The lowest BCUT2D eigenvalue weighted by molar-refractivity contribution is -0.111. The number of nitrogens with one attached hydrogen (secondary N) is 2. The quantitative estimate of drug-likeness (QED) is 0.331. The molecule has 0 atom stereocenters. The van der Waals surface area contributed by atoms with E-state index in [-0.39, 0.29) is 5.91 Å². The van der Waals surface area contributed by atoms with Crippen LogP contribution < -0.4 is 15.4 Å². The van der Waals surface area contributed by atoms with E-state index in [0.29, 0.717) is 50.1 Å². The van der Waals surface area contributed by atoms with Crippen LogP contribution in [0.4, 0.5) is 17.1 Å². The molecule has 2 heterocycles. The summed E-state index contributed by atoms with van der Waals surface area (Å²) in [5.41, 5.74) is 2.66. The van der Waals surface area contributed by atoms with Crippen LogP contribution in [0.1, 0.15) is 5.56 Å². The van der Waals surface area contributed by atoms with Crippen molar-refractivity contribution in [1.29, 1.82) is 5.26 Å². The summed E-state index contributed by atoms with van der Waals surface area (Å²) in [6, 6.07) is 14.6. The summed E-state index contributed by atoms with van der Waals surface area (Å²) in [7, 11) is 0. The monoisotopic (exact) mass is 446 g/mol. The standard InChI is InChI=1S/C23H15ClN4O2S/c1-2-21(29)27-15-6-7-19-17(10-15)22(14(11-25)12-26-19)28-20-5-3-4-18(24)23(20)30-16-8-9-31-13-16/h2-10,12-13H,1H2,(H,26,28)(H,27,29). The van der Waals surface area contributed by atoms with E-state index >= 15 is 0 Å². The maximum absolute atomic E-state index is 11.7. The van der Waals surface area contributed by atoms with E-state index in [1.807, 2.05) is 22.9 Å². The highest BCUT2D eigenvalue weighted by atomic mass is 35.5. The smallest absolute Gasteiger partial charge is 0.247 e. The van der Waals surface area contributed by atoms with Gasteiger partial charge in [-0.1, -0.05) is 24.2 Å². The van der Waals surface area contributed by atoms with Crippen molar-refractivity contribution < 1.29 is 9.53 Å². The first-order valence-corrected chi connectivity index (χ1v) is 10.4. The van der Waals surface area contributed by atoms with E-state index in [9.17, 15) is 10.1 Å². The Bertz CT molecular complexity index is 1330. The molecule has 0 saturated heterocycles. The highest BCUT2D eigenvalue weighted by Crippen LogP contribution is 2.40. The van der Waals surface area contributed by atoms with Gasteiger partial charge < -0.3 is 15.4 Å². The summed E-state index contributed by atoms with van der Waals surface area (Å²) in [4.78, 5) is 16.1. The zero-order valence-electron chi connectivity index (χ0n) is 16.1. The molecule has 0 saturated carbocycles. The lowest BCUT2D eigenvalue weighted by Gasteiger charge is -2.16. The third-order valence-corrected chi connectivity index (χ3v) is 5.34. The van der Waals surface area contributed by atoms with E-state index < -0.39 is 0 Å². The second-order valence-electron chi connectivity index (χ2n) is 6.39. The molecule has 31 heavy (non-hydrogen) atoms. The fourth-order valence-corrected chi connectivity index (χ4v) is 3.72. The molecule has 0 fully saturated rings. The number of benzene rings is 2. The summed E-state index contributed by atoms with van der Waals surface area (Å²) >= 11 is 7.92. The number of fused-ring (bicyclic) bond motifs is 1. The van der Waals surface area contributed by atoms with Gasteiger partial charge in [-0.2, -0.15) is 5.26 Å². The van der Waals surface area contributed by atoms with Crippen LogP contribution in [0.2, 0.25) is 5.02 Å². The molecule has 152 valence electrons. The lowest BCUT2D eigenvalue weighted by Crippen LogP contribution is -2.07. The molecule has 0 bridgehead atoms. The summed E-state index contributed by atoms with van der Waals surface area (Å²) in [5.74, 6) is 0.766. The maximum Gasteiger partial charge on any atom is 0.247 e. The Hall–Kier alpha value is -3.86. The number of nitriles is 1. The fraction of sp³-hybridized carbons (Fsp3) is 0. The fourth-order valence-electron chi connectivity index (χ4n) is 2.96. The topological polar surface area (TPSA) is 87.0 Å². The van der Waals surface area contributed by atoms with Gasteiger partial charge in [0.2, 0.25) is 5.91 Å². The third kappa shape index (κ3) is 4.36. The number of ether oxygens (including phenoxy) is 1. The van der Waals surface area contributed by atoms with Crippen LogP contribution in [0, 0.1) is 11.3 Å². The Morgan fingerprint density at radius 1 is 1.29 bits per heavy atom. The summed E-state index contributed by atoms with van der Waals surface area (Å²) in [5, 5.41) is 20.5. The van der Waals surface area contributed by atoms with Gasteiger partial charge in [0.1, 0.15) is 11.8 Å². The Morgan fingerprint density at radius 2 is 2.16 bits per heavy atom. The molecule has 2 aromatic heterocycles. The number of amides is 1. The molecule has 0 aliphatic heterocycles. The minimum absolute atomic E-state index is 0.334. The van der Waals surface area contributed by atoms with Crippen molar-refractivity contribution in [2.45, 2.75) is 0 Å². The van der Waals surface area contributed by atoms with Crippen molar-refractivity contribution >= 4 is 56.8 Å². The molecule has 0 spiro atoms. The number of para-hydroxylation sites is 1. The minimum Gasteiger partial charge on any atom is -0.453 e. The van der Waals surface area contributed by atoms with E-state index in [0.717, 1.165) is 0 Å². The minimum atomic E-state index is -0.334. The SMILES string of the molecule is C=CC(=O)Nc1ccc2ncc(C#N)c(Nc3cccc(Cl)c3Oc3ccsc3)c2c1. The number of aromatic nitrogens is 1. The van der Waals surface area contributed by atoms with E-state index in [1.165, 1.54) is 23.6 Å². The van der Waals surface area contributed by atoms with Gasteiger partial charge in [0, 0.05) is 22.7 Å². The Morgan fingerprint density at radius 3 is 2.90 bits per heavy atom. The van der Waals surface area contributed by atoms with Gasteiger partial charge in [-0.05, 0) is 47.9 Å². The highest BCUT2D eigenvalue weighted by Gasteiger charge is 2.15. The molecule has 4 aromatic rings. The van der Waals surface area contributed by atoms with Crippen molar-refractivity contribution in [3.05, 3.63) is 82.7 Å². The van der Waals surface area contributed by atoms with Gasteiger partial charge in [0.15, 0.2) is 5.75 Å². The highest BCUT2D eigenvalue weighted by molar-refractivity contribution is 7.08. The zero-order valence-corrected chi connectivity index (χ0v) is 17.6. The van der Waals surface area contributed by atoms with Crippen molar-refractivity contribution in [2.24, 2.45) is 0 Å². The normalized spacial score (nSPS) is 10.3. The van der Waals surface area contributed by atoms with Crippen LogP contribution in [0.3, 0.4) is 0 Å². The first kappa shape index (κ1) is 20.4. The van der Waals surface area contributed by atoms with E-state index in [4.69, 9.17) is 16.3 Å². The number of anilines is 3. The molecule has 8 heteroatoms. The molecule has 1 amide bonds. The molecule has 2 N–H and O–H groups in total. The second kappa shape index (κ2) is 8.88. The predicted molar refractivity (Wildman–Crippen MR) is 124 cm³/mol. The summed E-state index contributed by atoms with van der Waals surface area (Å²) < 4.78 is 5.98. The number of rotatable bonds is 6. The number of pyridine rings is 1. The van der Waals surface area contributed by atoms with E-state index in [2.05, 4.69) is 28.3 Å². The van der Waals surface area contributed by atoms with Crippen LogP contribution in [-0.4, -0.2) is 10.9 Å². The molecule has 4 rings (SSSR count). The molecule has 6 nitrogen and oxygen atoms in total. The summed E-state index contributed by atoms with van der Waals surface area (Å²) in [6.07, 6.45) is 2.68. The number of halogens is 1. The Kier molecular flexibility index (Phi) is 5.85. The van der Waals surface area contributed by atoms with Crippen molar-refractivity contribution in [3.63, 3.8) is 0 Å². The lowest BCUT2D eigenvalue weighted by atomic mass is 10.1.